The van der Waals surface area contributed by atoms with Crippen molar-refractivity contribution < 1.29 is 33.5 Å². The van der Waals surface area contributed by atoms with Crippen LogP contribution in [0.4, 0.5) is 5.69 Å². The summed E-state index contributed by atoms with van der Waals surface area (Å²) < 4.78 is 14.5. The molecular formula is C18H23NO8. The van der Waals surface area contributed by atoms with Gasteiger partial charge >= 0.3 is 17.9 Å². The number of nitrogens with zero attached hydrogens (tertiary/aromatic N) is 1. The standard InChI is InChI=1S/C18H23NO8/c1-4-27-16(21)10-12-18(17(22)26-3,11-9-15(20)25-2)13-5-7-14(8-6-13)19(23)24/h5-8H,4,9-12H2,1-3H3. The molecule has 0 aliphatic heterocycles. The minimum Gasteiger partial charge on any atom is -0.469 e. The van der Waals surface area contributed by atoms with Crippen molar-refractivity contribution in [2.24, 2.45) is 0 Å². The summed E-state index contributed by atoms with van der Waals surface area (Å²) in [5.41, 5.74) is -1.07. The molecule has 9 heteroatoms. The van der Waals surface area contributed by atoms with E-state index in [-0.39, 0.29) is 38.0 Å². The lowest BCUT2D eigenvalue weighted by molar-refractivity contribution is -0.384. The Balaban J connectivity index is 3.30. The van der Waals surface area contributed by atoms with Gasteiger partial charge in [-0.25, -0.2) is 0 Å². The number of rotatable bonds is 10. The Labute approximate surface area is 156 Å². The summed E-state index contributed by atoms with van der Waals surface area (Å²) in [6.07, 6.45) is -0.136. The van der Waals surface area contributed by atoms with Gasteiger partial charge in [-0.15, -0.1) is 0 Å². The van der Waals surface area contributed by atoms with E-state index in [4.69, 9.17) is 9.47 Å². The van der Waals surface area contributed by atoms with Crippen molar-refractivity contribution in [2.45, 2.75) is 38.0 Å². The van der Waals surface area contributed by atoms with Crippen molar-refractivity contribution in [1.82, 2.24) is 0 Å². The zero-order chi connectivity index (χ0) is 20.4. The third kappa shape index (κ3) is 5.77. The molecule has 0 fully saturated rings. The van der Waals surface area contributed by atoms with Gasteiger partial charge in [-0.3, -0.25) is 24.5 Å². The van der Waals surface area contributed by atoms with Gasteiger partial charge in [0, 0.05) is 25.0 Å². The zero-order valence-electron chi connectivity index (χ0n) is 15.6. The maximum atomic E-state index is 12.7. The number of nitro groups is 1. The highest BCUT2D eigenvalue weighted by Crippen LogP contribution is 2.37. The Bertz CT molecular complexity index is 685. The van der Waals surface area contributed by atoms with Crippen LogP contribution in [0.1, 0.15) is 38.2 Å². The first-order valence-electron chi connectivity index (χ1n) is 8.36. The number of non-ortho nitro benzene ring substituents is 1. The number of benzene rings is 1. The van der Waals surface area contributed by atoms with Gasteiger partial charge in [0.05, 0.1) is 31.2 Å². The molecule has 1 rings (SSSR count). The fourth-order valence-electron chi connectivity index (χ4n) is 2.80. The molecule has 0 N–H and O–H groups in total. The van der Waals surface area contributed by atoms with Crippen LogP contribution < -0.4 is 0 Å². The van der Waals surface area contributed by atoms with Crippen molar-refractivity contribution >= 4 is 23.6 Å². The van der Waals surface area contributed by atoms with Crippen LogP contribution in [0.25, 0.3) is 0 Å². The SMILES string of the molecule is CCOC(=O)CCC(CCC(=O)OC)(C(=O)OC)c1ccc([N+](=O)[O-])cc1. The van der Waals surface area contributed by atoms with Crippen LogP contribution in [-0.4, -0.2) is 43.7 Å². The average Bonchev–Trinajstić information content (AvgIpc) is 2.67. The van der Waals surface area contributed by atoms with Gasteiger partial charge in [0.1, 0.15) is 0 Å². The van der Waals surface area contributed by atoms with E-state index in [0.29, 0.717) is 5.56 Å². The molecule has 0 saturated heterocycles. The van der Waals surface area contributed by atoms with Gasteiger partial charge in [-0.2, -0.15) is 0 Å². The number of methoxy groups -OCH3 is 2. The fourth-order valence-corrected chi connectivity index (χ4v) is 2.80. The van der Waals surface area contributed by atoms with Crippen molar-refractivity contribution in [2.75, 3.05) is 20.8 Å². The Morgan fingerprint density at radius 2 is 1.56 bits per heavy atom. The number of esters is 3. The molecule has 148 valence electrons. The topological polar surface area (TPSA) is 122 Å². The van der Waals surface area contributed by atoms with Crippen LogP contribution >= 0.6 is 0 Å². The third-order valence-corrected chi connectivity index (χ3v) is 4.25. The molecule has 0 aromatic heterocycles. The van der Waals surface area contributed by atoms with Crippen molar-refractivity contribution in [3.8, 4) is 0 Å². The Kier molecular flexibility index (Phi) is 8.37. The summed E-state index contributed by atoms with van der Waals surface area (Å²) in [5, 5.41) is 10.9. The average molecular weight is 381 g/mol. The first-order chi connectivity index (χ1) is 12.8. The Morgan fingerprint density at radius 1 is 1.00 bits per heavy atom. The highest BCUT2D eigenvalue weighted by Gasteiger charge is 2.42. The second-order valence-electron chi connectivity index (χ2n) is 5.76. The Hall–Kier alpha value is -2.97. The number of ether oxygens (including phenoxy) is 3. The maximum Gasteiger partial charge on any atom is 0.316 e. The van der Waals surface area contributed by atoms with Gasteiger partial charge in [-0.1, -0.05) is 12.1 Å². The molecule has 0 saturated carbocycles. The fraction of sp³-hybridized carbons (Fsp3) is 0.500. The molecule has 1 unspecified atom stereocenters. The lowest BCUT2D eigenvalue weighted by Crippen LogP contribution is -2.38. The molecule has 0 aliphatic carbocycles. The summed E-state index contributed by atoms with van der Waals surface area (Å²) in [4.78, 5) is 46.4. The first kappa shape index (κ1) is 22.1. The summed E-state index contributed by atoms with van der Waals surface area (Å²) in [6.45, 7) is 1.86. The summed E-state index contributed by atoms with van der Waals surface area (Å²) in [6, 6.07) is 5.38. The predicted octanol–water partition coefficient (Wildman–Crippen LogP) is 2.30. The van der Waals surface area contributed by atoms with E-state index >= 15 is 0 Å². The lowest BCUT2D eigenvalue weighted by atomic mass is 9.73. The van der Waals surface area contributed by atoms with Crippen LogP contribution in [0.2, 0.25) is 0 Å². The largest absolute Gasteiger partial charge is 0.469 e. The molecule has 0 radical (unpaired) electrons. The molecule has 1 aromatic carbocycles. The molecule has 0 heterocycles. The minimum absolute atomic E-state index is 0.0174. The van der Waals surface area contributed by atoms with Crippen LogP contribution in [0.15, 0.2) is 24.3 Å². The first-order valence-corrected chi connectivity index (χ1v) is 8.36. The summed E-state index contributed by atoms with van der Waals surface area (Å²) >= 11 is 0. The van der Waals surface area contributed by atoms with Gasteiger partial charge in [-0.05, 0) is 25.3 Å². The van der Waals surface area contributed by atoms with E-state index in [2.05, 4.69) is 4.74 Å². The Morgan fingerprint density at radius 3 is 2.00 bits per heavy atom. The smallest absolute Gasteiger partial charge is 0.316 e. The van der Waals surface area contributed by atoms with Gasteiger partial charge in [0.25, 0.3) is 5.69 Å². The minimum atomic E-state index is -1.34. The van der Waals surface area contributed by atoms with Crippen molar-refractivity contribution in [1.29, 1.82) is 0 Å². The van der Waals surface area contributed by atoms with Crippen LogP contribution in [-0.2, 0) is 34.0 Å². The van der Waals surface area contributed by atoms with E-state index in [1.54, 1.807) is 6.92 Å². The van der Waals surface area contributed by atoms with Crippen LogP contribution in [0.3, 0.4) is 0 Å². The molecule has 1 aromatic rings. The number of hydrogen-bond acceptors (Lipinski definition) is 8. The molecule has 0 amide bonds. The zero-order valence-corrected chi connectivity index (χ0v) is 15.6. The van der Waals surface area contributed by atoms with E-state index in [1.807, 2.05) is 0 Å². The summed E-state index contributed by atoms with van der Waals surface area (Å²) in [7, 11) is 2.43. The number of nitro benzene ring substituents is 1. The highest BCUT2D eigenvalue weighted by molar-refractivity contribution is 5.85. The quantitative estimate of drug-likeness (QED) is 0.262. The van der Waals surface area contributed by atoms with Gasteiger partial charge in [0.2, 0.25) is 0 Å². The van der Waals surface area contributed by atoms with Crippen molar-refractivity contribution in [3.63, 3.8) is 0 Å². The molecule has 0 spiro atoms. The maximum absolute atomic E-state index is 12.7. The number of carbonyl (C=O) groups excluding carboxylic acids is 3. The third-order valence-electron chi connectivity index (χ3n) is 4.25. The molecule has 9 nitrogen and oxygen atoms in total. The lowest BCUT2D eigenvalue weighted by Gasteiger charge is -2.31. The number of hydrogen-bond donors (Lipinski definition) is 0. The van der Waals surface area contributed by atoms with Gasteiger partial charge < -0.3 is 14.2 Å². The van der Waals surface area contributed by atoms with E-state index in [0.717, 1.165) is 0 Å². The van der Waals surface area contributed by atoms with Crippen molar-refractivity contribution in [3.05, 3.63) is 39.9 Å². The number of carbonyl (C=O) groups is 3. The van der Waals surface area contributed by atoms with Gasteiger partial charge in [0.15, 0.2) is 0 Å². The molecular weight excluding hydrogens is 358 g/mol. The highest BCUT2D eigenvalue weighted by atomic mass is 16.6. The molecule has 0 bridgehead atoms. The molecule has 1 atom stereocenters. The van der Waals surface area contributed by atoms with E-state index in [1.165, 1.54) is 38.5 Å². The van der Waals surface area contributed by atoms with E-state index in [9.17, 15) is 24.5 Å². The molecule has 0 aliphatic rings. The molecule has 27 heavy (non-hydrogen) atoms. The van der Waals surface area contributed by atoms with Crippen LogP contribution in [0, 0.1) is 10.1 Å². The monoisotopic (exact) mass is 381 g/mol. The second kappa shape index (κ2) is 10.2. The van der Waals surface area contributed by atoms with Crippen LogP contribution in [0.5, 0.6) is 0 Å². The normalized spacial score (nSPS) is 12.6. The second-order valence-corrected chi connectivity index (χ2v) is 5.76. The van der Waals surface area contributed by atoms with E-state index < -0.39 is 28.2 Å². The summed E-state index contributed by atoms with van der Waals surface area (Å²) in [5.74, 6) is -1.67. The predicted molar refractivity (Wildman–Crippen MR) is 93.9 cm³/mol.